The number of carbonyl (C=O) groups excluding carboxylic acids is 1. The fraction of sp³-hybridized carbons (Fsp3) is 0.250. The summed E-state index contributed by atoms with van der Waals surface area (Å²) in [7, 11) is 1.32. The highest BCUT2D eigenvalue weighted by Crippen LogP contribution is 2.20. The first kappa shape index (κ1) is 15.0. The summed E-state index contributed by atoms with van der Waals surface area (Å²) in [5.74, 6) is 0.349. The number of fused-ring (bicyclic) bond motifs is 1. The van der Waals surface area contributed by atoms with E-state index in [0.29, 0.717) is 17.3 Å². The maximum absolute atomic E-state index is 12.2. The van der Waals surface area contributed by atoms with Crippen LogP contribution in [0.15, 0.2) is 35.1 Å². The highest BCUT2D eigenvalue weighted by atomic mass is 16.5. The number of aryl methyl sites for hydroxylation is 2. The molecule has 7 heteroatoms. The zero-order chi connectivity index (χ0) is 16.6. The third kappa shape index (κ3) is 2.61. The Labute approximate surface area is 132 Å². The zero-order valence-corrected chi connectivity index (χ0v) is 13.1. The SMILES string of the molecule is COC(=O)Cn1c(C)cc(=O)n2nc(-c3ccccc3C)nc12. The molecule has 23 heavy (non-hydrogen) atoms. The molecule has 3 rings (SSSR count). The molecular weight excluding hydrogens is 296 g/mol. The predicted octanol–water partition coefficient (Wildman–Crippen LogP) is 1.35. The van der Waals surface area contributed by atoms with E-state index in [1.807, 2.05) is 31.2 Å². The van der Waals surface area contributed by atoms with E-state index in [-0.39, 0.29) is 12.1 Å². The van der Waals surface area contributed by atoms with E-state index in [9.17, 15) is 9.59 Å². The molecule has 3 aromatic rings. The van der Waals surface area contributed by atoms with Gasteiger partial charge < -0.3 is 9.30 Å². The average molecular weight is 312 g/mol. The molecule has 0 spiro atoms. The number of carbonyl (C=O) groups is 1. The molecule has 0 N–H and O–H groups in total. The van der Waals surface area contributed by atoms with Crippen molar-refractivity contribution in [2.24, 2.45) is 0 Å². The number of esters is 1. The lowest BCUT2D eigenvalue weighted by molar-refractivity contribution is -0.141. The zero-order valence-electron chi connectivity index (χ0n) is 13.1. The third-order valence-electron chi connectivity index (χ3n) is 3.70. The summed E-state index contributed by atoms with van der Waals surface area (Å²) in [6, 6.07) is 9.08. The van der Waals surface area contributed by atoms with Crippen molar-refractivity contribution in [3.8, 4) is 11.4 Å². The smallest absolute Gasteiger partial charge is 0.325 e. The molecule has 0 atom stereocenters. The Bertz CT molecular complexity index is 956. The Kier molecular flexibility index (Phi) is 3.69. The van der Waals surface area contributed by atoms with Gasteiger partial charge in [0, 0.05) is 17.3 Å². The van der Waals surface area contributed by atoms with E-state index >= 15 is 0 Å². The van der Waals surface area contributed by atoms with Gasteiger partial charge >= 0.3 is 5.97 Å². The molecule has 0 saturated heterocycles. The molecule has 0 fully saturated rings. The van der Waals surface area contributed by atoms with Crippen LogP contribution in [0.5, 0.6) is 0 Å². The van der Waals surface area contributed by atoms with Gasteiger partial charge in [-0.05, 0) is 19.4 Å². The monoisotopic (exact) mass is 312 g/mol. The molecule has 0 bridgehead atoms. The number of hydrogen-bond donors (Lipinski definition) is 0. The average Bonchev–Trinajstić information content (AvgIpc) is 2.97. The first-order valence-corrected chi connectivity index (χ1v) is 7.11. The Morgan fingerprint density at radius 3 is 2.70 bits per heavy atom. The lowest BCUT2D eigenvalue weighted by Crippen LogP contribution is -2.23. The van der Waals surface area contributed by atoms with Crippen LogP contribution in [0.25, 0.3) is 17.2 Å². The topological polar surface area (TPSA) is 78.5 Å². The third-order valence-corrected chi connectivity index (χ3v) is 3.70. The van der Waals surface area contributed by atoms with Crippen LogP contribution in [0.3, 0.4) is 0 Å². The van der Waals surface area contributed by atoms with Gasteiger partial charge in [0.15, 0.2) is 5.82 Å². The van der Waals surface area contributed by atoms with Crippen LogP contribution in [0.2, 0.25) is 0 Å². The van der Waals surface area contributed by atoms with Crippen LogP contribution < -0.4 is 5.56 Å². The van der Waals surface area contributed by atoms with Gasteiger partial charge in [-0.15, -0.1) is 5.10 Å². The van der Waals surface area contributed by atoms with Gasteiger partial charge in [0.1, 0.15) is 6.54 Å². The summed E-state index contributed by atoms with van der Waals surface area (Å²) < 4.78 is 7.52. The standard InChI is InChI=1S/C16H16N4O3/c1-10-6-4-5-7-12(10)15-17-16-19(9-14(22)23-3)11(2)8-13(21)20(16)18-15/h4-8H,9H2,1-3H3. The van der Waals surface area contributed by atoms with Gasteiger partial charge in [0.25, 0.3) is 5.56 Å². The number of methoxy groups -OCH3 is 1. The molecule has 0 saturated carbocycles. The first-order valence-electron chi connectivity index (χ1n) is 7.11. The molecule has 0 aliphatic carbocycles. The molecule has 118 valence electrons. The van der Waals surface area contributed by atoms with Gasteiger partial charge in [-0.2, -0.15) is 9.50 Å². The van der Waals surface area contributed by atoms with Crippen LogP contribution in [-0.4, -0.2) is 32.2 Å². The van der Waals surface area contributed by atoms with Crippen molar-refractivity contribution in [2.45, 2.75) is 20.4 Å². The number of ether oxygens (including phenoxy) is 1. The summed E-state index contributed by atoms with van der Waals surface area (Å²) in [4.78, 5) is 28.2. The molecule has 7 nitrogen and oxygen atoms in total. The van der Waals surface area contributed by atoms with Crippen molar-refractivity contribution >= 4 is 11.7 Å². The van der Waals surface area contributed by atoms with Gasteiger partial charge in [0.05, 0.1) is 7.11 Å². The van der Waals surface area contributed by atoms with Crippen molar-refractivity contribution in [3.63, 3.8) is 0 Å². The van der Waals surface area contributed by atoms with E-state index in [4.69, 9.17) is 4.74 Å². The van der Waals surface area contributed by atoms with Crippen LogP contribution in [0, 0.1) is 13.8 Å². The molecular formula is C16H16N4O3. The summed E-state index contributed by atoms with van der Waals surface area (Å²) in [5.41, 5.74) is 2.19. The van der Waals surface area contributed by atoms with E-state index in [2.05, 4.69) is 10.1 Å². The van der Waals surface area contributed by atoms with Crippen LogP contribution in [0.1, 0.15) is 11.3 Å². The van der Waals surface area contributed by atoms with E-state index in [1.165, 1.54) is 17.7 Å². The summed E-state index contributed by atoms with van der Waals surface area (Å²) >= 11 is 0. The maximum atomic E-state index is 12.2. The Morgan fingerprint density at radius 1 is 1.26 bits per heavy atom. The van der Waals surface area contributed by atoms with Crippen molar-refractivity contribution in [1.29, 1.82) is 0 Å². The lowest BCUT2D eigenvalue weighted by Gasteiger charge is -2.09. The minimum atomic E-state index is -0.418. The number of nitrogens with zero attached hydrogens (tertiary/aromatic N) is 4. The van der Waals surface area contributed by atoms with Crippen LogP contribution in [0.4, 0.5) is 0 Å². The number of aromatic nitrogens is 4. The number of rotatable bonds is 3. The molecule has 2 aromatic heterocycles. The Morgan fingerprint density at radius 2 is 2.00 bits per heavy atom. The van der Waals surface area contributed by atoms with Crippen LogP contribution >= 0.6 is 0 Å². The van der Waals surface area contributed by atoms with Crippen molar-refractivity contribution in [3.05, 3.63) is 51.9 Å². The van der Waals surface area contributed by atoms with Crippen LogP contribution in [-0.2, 0) is 16.1 Å². The lowest BCUT2D eigenvalue weighted by atomic mass is 10.1. The fourth-order valence-corrected chi connectivity index (χ4v) is 2.43. The number of hydrogen-bond acceptors (Lipinski definition) is 5. The second-order valence-electron chi connectivity index (χ2n) is 5.25. The quantitative estimate of drug-likeness (QED) is 0.682. The van der Waals surface area contributed by atoms with E-state index in [0.717, 1.165) is 11.1 Å². The highest BCUT2D eigenvalue weighted by Gasteiger charge is 2.16. The number of benzene rings is 1. The fourth-order valence-electron chi connectivity index (χ4n) is 2.43. The molecule has 0 radical (unpaired) electrons. The minimum absolute atomic E-state index is 0.0297. The van der Waals surface area contributed by atoms with Gasteiger partial charge in [0.2, 0.25) is 5.78 Å². The van der Waals surface area contributed by atoms with Crippen molar-refractivity contribution in [1.82, 2.24) is 19.2 Å². The predicted molar refractivity (Wildman–Crippen MR) is 84.2 cm³/mol. The maximum Gasteiger partial charge on any atom is 0.325 e. The summed E-state index contributed by atoms with van der Waals surface area (Å²) in [6.45, 7) is 3.66. The largest absolute Gasteiger partial charge is 0.468 e. The molecule has 0 aliphatic rings. The normalized spacial score (nSPS) is 10.9. The minimum Gasteiger partial charge on any atom is -0.468 e. The molecule has 0 unspecified atom stereocenters. The van der Waals surface area contributed by atoms with Gasteiger partial charge in [-0.25, -0.2) is 0 Å². The van der Waals surface area contributed by atoms with Crippen molar-refractivity contribution < 1.29 is 9.53 Å². The molecule has 1 aromatic carbocycles. The Hall–Kier alpha value is -2.96. The molecule has 2 heterocycles. The second kappa shape index (κ2) is 5.68. The van der Waals surface area contributed by atoms with Crippen molar-refractivity contribution in [2.75, 3.05) is 7.11 Å². The molecule has 0 aliphatic heterocycles. The first-order chi connectivity index (χ1) is 11.0. The van der Waals surface area contributed by atoms with E-state index < -0.39 is 5.97 Å². The van der Waals surface area contributed by atoms with Gasteiger partial charge in [-0.1, -0.05) is 24.3 Å². The van der Waals surface area contributed by atoms with E-state index in [1.54, 1.807) is 11.5 Å². The molecule has 0 amide bonds. The Balaban J connectivity index is 2.24. The van der Waals surface area contributed by atoms with Gasteiger partial charge in [-0.3, -0.25) is 9.59 Å². The highest BCUT2D eigenvalue weighted by molar-refractivity contribution is 5.70. The summed E-state index contributed by atoms with van der Waals surface area (Å²) in [6.07, 6.45) is 0. The second-order valence-corrected chi connectivity index (χ2v) is 5.25. The summed E-state index contributed by atoms with van der Waals surface area (Å²) in [5, 5.41) is 4.30.